The van der Waals surface area contributed by atoms with Gasteiger partial charge in [-0.1, -0.05) is 6.58 Å². The molecule has 0 aliphatic carbocycles. The van der Waals surface area contributed by atoms with E-state index in [0.717, 1.165) is 43.1 Å². The van der Waals surface area contributed by atoms with Crippen LogP contribution in [0.5, 0.6) is 5.75 Å². The maximum atomic E-state index is 13.2. The highest BCUT2D eigenvalue weighted by Gasteiger charge is 2.19. The summed E-state index contributed by atoms with van der Waals surface area (Å²) in [4.78, 5) is 41.0. The first kappa shape index (κ1) is 28.8. The standard InChI is InChI=1S/C31H38N6O3/c1-6-30(38)34-26-19-23(28(40-5)21-27(26)36(4)18-17-35(2)3)20-29-32-14-13-25(33-29)31(39)22-9-11-24(12-10-22)37-15-7-8-16-37/h6,9-14,19,21H,1,7-8,15-18,20H2,2-5H3,(H,34,38). The number of likely N-dealkylation sites (N-methyl/N-ethyl adjacent to an activating group) is 2. The molecule has 9 nitrogen and oxygen atoms in total. The number of aromatic nitrogens is 2. The molecule has 0 atom stereocenters. The third kappa shape index (κ3) is 7.04. The third-order valence-corrected chi connectivity index (χ3v) is 7.02. The van der Waals surface area contributed by atoms with Gasteiger partial charge in [-0.05, 0) is 69.4 Å². The molecule has 1 aliphatic rings. The average molecular weight is 543 g/mol. The van der Waals surface area contributed by atoms with E-state index in [-0.39, 0.29) is 11.7 Å². The Bertz CT molecular complexity index is 1350. The molecule has 0 saturated carbocycles. The van der Waals surface area contributed by atoms with E-state index in [2.05, 4.69) is 36.6 Å². The Morgan fingerprint density at radius 2 is 1.80 bits per heavy atom. The molecule has 1 amide bonds. The number of anilines is 3. The number of nitrogens with one attached hydrogen (secondary N) is 1. The highest BCUT2D eigenvalue weighted by molar-refractivity contribution is 6.07. The normalized spacial score (nSPS) is 12.9. The van der Waals surface area contributed by atoms with Crippen LogP contribution in [-0.4, -0.2) is 81.0 Å². The lowest BCUT2D eigenvalue weighted by atomic mass is 10.1. The first-order valence-electron chi connectivity index (χ1n) is 13.5. The lowest BCUT2D eigenvalue weighted by Crippen LogP contribution is -2.29. The molecule has 1 aromatic heterocycles. The number of ether oxygens (including phenoxy) is 1. The van der Waals surface area contributed by atoms with Crippen LogP contribution in [0.3, 0.4) is 0 Å². The fourth-order valence-electron chi connectivity index (χ4n) is 4.74. The zero-order valence-corrected chi connectivity index (χ0v) is 23.8. The van der Waals surface area contributed by atoms with E-state index < -0.39 is 0 Å². The molecule has 1 fully saturated rings. The van der Waals surface area contributed by atoms with Crippen molar-refractivity contribution in [2.75, 3.05) is 69.5 Å². The van der Waals surface area contributed by atoms with Gasteiger partial charge in [-0.2, -0.15) is 0 Å². The van der Waals surface area contributed by atoms with Crippen molar-refractivity contribution in [1.29, 1.82) is 0 Å². The number of nitrogens with zero attached hydrogens (tertiary/aromatic N) is 5. The first-order chi connectivity index (χ1) is 19.3. The number of hydrogen-bond acceptors (Lipinski definition) is 8. The van der Waals surface area contributed by atoms with Gasteiger partial charge in [0.25, 0.3) is 0 Å². The second-order valence-corrected chi connectivity index (χ2v) is 10.2. The summed E-state index contributed by atoms with van der Waals surface area (Å²) in [5.41, 5.74) is 4.29. The van der Waals surface area contributed by atoms with Crippen LogP contribution in [0.15, 0.2) is 61.3 Å². The van der Waals surface area contributed by atoms with Gasteiger partial charge in [0, 0.05) is 68.7 Å². The minimum atomic E-state index is -0.307. The Balaban J connectivity index is 1.58. The molecule has 0 radical (unpaired) electrons. The molecule has 40 heavy (non-hydrogen) atoms. The average Bonchev–Trinajstić information content (AvgIpc) is 3.51. The molecule has 1 aliphatic heterocycles. The van der Waals surface area contributed by atoms with E-state index in [0.29, 0.717) is 34.9 Å². The molecular weight excluding hydrogens is 504 g/mol. The molecule has 1 N–H and O–H groups in total. The van der Waals surface area contributed by atoms with Crippen molar-refractivity contribution in [3.63, 3.8) is 0 Å². The fraction of sp³-hybridized carbons (Fsp3) is 0.355. The predicted molar refractivity (Wildman–Crippen MR) is 160 cm³/mol. The Labute approximate surface area is 236 Å². The van der Waals surface area contributed by atoms with Gasteiger partial charge < -0.3 is 24.8 Å². The number of carbonyl (C=O) groups is 2. The molecular formula is C31H38N6O3. The summed E-state index contributed by atoms with van der Waals surface area (Å²) >= 11 is 0. The minimum Gasteiger partial charge on any atom is -0.496 e. The van der Waals surface area contributed by atoms with Crippen molar-refractivity contribution in [3.8, 4) is 5.75 Å². The molecule has 0 unspecified atom stereocenters. The van der Waals surface area contributed by atoms with Crippen LogP contribution < -0.4 is 19.9 Å². The van der Waals surface area contributed by atoms with Crippen LogP contribution in [-0.2, 0) is 11.2 Å². The van der Waals surface area contributed by atoms with Gasteiger partial charge in [0.2, 0.25) is 11.7 Å². The fourth-order valence-corrected chi connectivity index (χ4v) is 4.74. The summed E-state index contributed by atoms with van der Waals surface area (Å²) < 4.78 is 5.72. The summed E-state index contributed by atoms with van der Waals surface area (Å²) in [5, 5.41) is 2.92. The third-order valence-electron chi connectivity index (χ3n) is 7.02. The van der Waals surface area contributed by atoms with Gasteiger partial charge in [-0.3, -0.25) is 9.59 Å². The number of hydrogen-bond donors (Lipinski definition) is 1. The van der Waals surface area contributed by atoms with E-state index >= 15 is 0 Å². The van der Waals surface area contributed by atoms with Crippen LogP contribution in [0.2, 0.25) is 0 Å². The van der Waals surface area contributed by atoms with E-state index in [4.69, 9.17) is 4.74 Å². The Morgan fingerprint density at radius 3 is 2.45 bits per heavy atom. The number of carbonyl (C=O) groups excluding carboxylic acids is 2. The van der Waals surface area contributed by atoms with Gasteiger partial charge in [-0.25, -0.2) is 9.97 Å². The molecule has 9 heteroatoms. The van der Waals surface area contributed by atoms with Gasteiger partial charge >= 0.3 is 0 Å². The lowest BCUT2D eigenvalue weighted by molar-refractivity contribution is -0.111. The van der Waals surface area contributed by atoms with Gasteiger partial charge in [-0.15, -0.1) is 0 Å². The Hall–Kier alpha value is -4.24. The van der Waals surface area contributed by atoms with E-state index in [1.54, 1.807) is 19.4 Å². The van der Waals surface area contributed by atoms with Crippen LogP contribution in [0.1, 0.15) is 40.3 Å². The highest BCUT2D eigenvalue weighted by atomic mass is 16.5. The lowest BCUT2D eigenvalue weighted by Gasteiger charge is -2.25. The summed E-state index contributed by atoms with van der Waals surface area (Å²) in [6.07, 6.45) is 5.56. The second kappa shape index (κ2) is 13.2. The summed E-state index contributed by atoms with van der Waals surface area (Å²) in [7, 11) is 7.61. The first-order valence-corrected chi connectivity index (χ1v) is 13.5. The Morgan fingerprint density at radius 1 is 1.07 bits per heavy atom. The highest BCUT2D eigenvalue weighted by Crippen LogP contribution is 2.34. The quantitative estimate of drug-likeness (QED) is 0.271. The molecule has 2 heterocycles. The van der Waals surface area contributed by atoms with Crippen molar-refractivity contribution >= 4 is 28.8 Å². The molecule has 1 saturated heterocycles. The molecule has 4 rings (SSSR count). The van der Waals surface area contributed by atoms with Gasteiger partial charge in [0.1, 0.15) is 17.3 Å². The van der Waals surface area contributed by atoms with Gasteiger partial charge in [0.15, 0.2) is 0 Å². The number of benzene rings is 2. The van der Waals surface area contributed by atoms with E-state index in [9.17, 15) is 9.59 Å². The number of rotatable bonds is 12. The van der Waals surface area contributed by atoms with Crippen molar-refractivity contribution in [2.24, 2.45) is 0 Å². The van der Waals surface area contributed by atoms with Crippen LogP contribution in [0.25, 0.3) is 0 Å². The smallest absolute Gasteiger partial charge is 0.247 e. The van der Waals surface area contributed by atoms with Crippen molar-refractivity contribution in [3.05, 3.63) is 84.0 Å². The van der Waals surface area contributed by atoms with Crippen LogP contribution in [0.4, 0.5) is 17.1 Å². The van der Waals surface area contributed by atoms with E-state index in [1.807, 2.05) is 57.5 Å². The largest absolute Gasteiger partial charge is 0.496 e. The van der Waals surface area contributed by atoms with Crippen molar-refractivity contribution < 1.29 is 14.3 Å². The van der Waals surface area contributed by atoms with Crippen molar-refractivity contribution in [2.45, 2.75) is 19.3 Å². The van der Waals surface area contributed by atoms with Crippen LogP contribution in [0, 0.1) is 0 Å². The van der Waals surface area contributed by atoms with Crippen LogP contribution >= 0.6 is 0 Å². The predicted octanol–water partition coefficient (Wildman–Crippen LogP) is 4.03. The minimum absolute atomic E-state index is 0.152. The topological polar surface area (TPSA) is 90.9 Å². The summed E-state index contributed by atoms with van der Waals surface area (Å²) in [6, 6.07) is 13.1. The second-order valence-electron chi connectivity index (χ2n) is 10.2. The molecule has 3 aromatic rings. The molecule has 2 aromatic carbocycles. The van der Waals surface area contributed by atoms with Crippen molar-refractivity contribution in [1.82, 2.24) is 14.9 Å². The monoisotopic (exact) mass is 542 g/mol. The zero-order chi connectivity index (χ0) is 28.6. The van der Waals surface area contributed by atoms with E-state index in [1.165, 1.54) is 18.9 Å². The summed E-state index contributed by atoms with van der Waals surface area (Å²) in [5.74, 6) is 0.659. The molecule has 0 spiro atoms. The molecule has 210 valence electrons. The van der Waals surface area contributed by atoms with Gasteiger partial charge in [0.05, 0.1) is 18.5 Å². The number of ketones is 1. The number of methoxy groups -OCH3 is 1. The molecule has 0 bridgehead atoms. The summed E-state index contributed by atoms with van der Waals surface area (Å²) in [6.45, 7) is 7.27. The maximum absolute atomic E-state index is 13.2. The Kier molecular flexibility index (Phi) is 9.50. The SMILES string of the molecule is C=CC(=O)Nc1cc(Cc2nccc(C(=O)c3ccc(N4CCCC4)cc3)n2)c(OC)cc1N(C)CCN(C)C. The maximum Gasteiger partial charge on any atom is 0.247 e. The zero-order valence-electron chi connectivity index (χ0n) is 23.8. The number of amides is 1.